The van der Waals surface area contributed by atoms with Crippen LogP contribution in [0, 0.1) is 0 Å². The lowest BCUT2D eigenvalue weighted by molar-refractivity contribution is -0.678. The summed E-state index contributed by atoms with van der Waals surface area (Å²) in [7, 11) is 0. The number of quaternary nitrogens is 1. The number of furan rings is 1. The third-order valence-electron chi connectivity index (χ3n) is 4.29. The Kier molecular flexibility index (Phi) is 6.26. The summed E-state index contributed by atoms with van der Waals surface area (Å²) in [5, 5.41) is 5.05. The minimum atomic E-state index is -0.0417. The highest BCUT2D eigenvalue weighted by Gasteiger charge is 2.22. The van der Waals surface area contributed by atoms with Gasteiger partial charge in [0.15, 0.2) is 18.3 Å². The highest BCUT2D eigenvalue weighted by atomic mass is 79.9. The van der Waals surface area contributed by atoms with Crippen molar-refractivity contribution in [1.82, 2.24) is 5.32 Å². The zero-order valence-corrected chi connectivity index (χ0v) is 16.1. The van der Waals surface area contributed by atoms with Gasteiger partial charge in [0.1, 0.15) is 0 Å². The van der Waals surface area contributed by atoms with E-state index in [1.807, 2.05) is 79.0 Å². The van der Waals surface area contributed by atoms with Gasteiger partial charge in [0.25, 0.3) is 5.91 Å². The van der Waals surface area contributed by atoms with Gasteiger partial charge in [-0.3, -0.25) is 4.79 Å². The fraction of sp³-hybridized carbons (Fsp3) is 0.190. The van der Waals surface area contributed by atoms with Gasteiger partial charge < -0.3 is 15.1 Å². The number of nitrogens with one attached hydrogen (secondary N) is 1. The molecule has 0 spiro atoms. The molecule has 0 saturated carbocycles. The van der Waals surface area contributed by atoms with Crippen LogP contribution in [0.3, 0.4) is 0 Å². The van der Waals surface area contributed by atoms with Crippen molar-refractivity contribution in [2.24, 2.45) is 0 Å². The lowest BCUT2D eigenvalue weighted by atomic mass is 10.0. The van der Waals surface area contributed by atoms with E-state index in [0.29, 0.717) is 6.54 Å². The molecule has 26 heavy (non-hydrogen) atoms. The van der Waals surface area contributed by atoms with Crippen molar-refractivity contribution in [3.05, 3.63) is 94.4 Å². The highest BCUT2D eigenvalue weighted by molar-refractivity contribution is 9.10. The van der Waals surface area contributed by atoms with Gasteiger partial charge in [-0.05, 0) is 36.8 Å². The van der Waals surface area contributed by atoms with Crippen molar-refractivity contribution in [3.8, 4) is 0 Å². The fourth-order valence-electron chi connectivity index (χ4n) is 2.91. The molecule has 4 nitrogen and oxygen atoms in total. The molecule has 3 N–H and O–H groups in total. The number of carbonyl (C=O) groups excluding carboxylic acids is 1. The van der Waals surface area contributed by atoms with Crippen LogP contribution in [0.1, 0.15) is 35.9 Å². The molecule has 0 fully saturated rings. The van der Waals surface area contributed by atoms with Gasteiger partial charge in [-0.1, -0.05) is 58.4 Å². The second-order valence-electron chi connectivity index (χ2n) is 6.18. The summed E-state index contributed by atoms with van der Waals surface area (Å²) in [6, 6.07) is 21.8. The third-order valence-corrected chi connectivity index (χ3v) is 4.82. The predicted octanol–water partition coefficient (Wildman–Crippen LogP) is 3.57. The number of benzene rings is 2. The van der Waals surface area contributed by atoms with Crippen LogP contribution in [0.15, 0.2) is 81.9 Å². The number of rotatable bonds is 7. The summed E-state index contributed by atoms with van der Waals surface area (Å²) in [5.41, 5.74) is 2.18. The summed E-state index contributed by atoms with van der Waals surface area (Å²) in [5.74, 6) is 0.831. The molecule has 134 valence electrons. The Morgan fingerprint density at radius 1 is 1.04 bits per heavy atom. The molecular weight excluding hydrogens is 392 g/mol. The molecule has 0 aliphatic carbocycles. The Morgan fingerprint density at radius 2 is 1.77 bits per heavy atom. The second-order valence-corrected chi connectivity index (χ2v) is 7.10. The molecule has 1 amide bonds. The fourth-order valence-corrected chi connectivity index (χ4v) is 3.17. The Balaban J connectivity index is 1.62. The number of hydrogen-bond donors (Lipinski definition) is 2. The van der Waals surface area contributed by atoms with E-state index < -0.39 is 0 Å². The first-order chi connectivity index (χ1) is 12.6. The zero-order valence-electron chi connectivity index (χ0n) is 14.6. The maximum absolute atomic E-state index is 12.4. The average molecular weight is 414 g/mol. The van der Waals surface area contributed by atoms with Crippen molar-refractivity contribution in [3.63, 3.8) is 0 Å². The molecule has 3 rings (SSSR count). The average Bonchev–Trinajstić information content (AvgIpc) is 3.17. The molecule has 2 atom stereocenters. The van der Waals surface area contributed by atoms with Crippen molar-refractivity contribution in [2.45, 2.75) is 19.0 Å². The first-order valence-electron chi connectivity index (χ1n) is 8.60. The van der Waals surface area contributed by atoms with Gasteiger partial charge in [-0.15, -0.1) is 0 Å². The molecule has 1 aromatic heterocycles. The van der Waals surface area contributed by atoms with Crippen molar-refractivity contribution in [2.75, 3.05) is 6.54 Å². The summed E-state index contributed by atoms with van der Waals surface area (Å²) < 4.78 is 6.60. The lowest BCUT2D eigenvalue weighted by Gasteiger charge is -2.16. The molecule has 0 radical (unpaired) electrons. The van der Waals surface area contributed by atoms with Crippen LogP contribution in [0.4, 0.5) is 0 Å². The van der Waals surface area contributed by atoms with Crippen molar-refractivity contribution < 1.29 is 14.5 Å². The first kappa shape index (κ1) is 18.4. The monoisotopic (exact) mass is 413 g/mol. The standard InChI is InChI=1S/C21H21BrN2O2/c1-15(16-9-11-18(22)12-10-16)24-20(25)14-23-21(19-8-5-13-26-19)17-6-3-2-4-7-17/h2-13,15,21,23H,14H2,1H3,(H,24,25)/p+1/t15-,21+/m0/s1. The molecule has 0 saturated heterocycles. The van der Waals surface area contributed by atoms with Gasteiger partial charge in [-0.2, -0.15) is 0 Å². The SMILES string of the molecule is C[C@H](NC(=O)C[NH2+][C@H](c1ccccc1)c1ccco1)c1ccc(Br)cc1. The quantitative estimate of drug-likeness (QED) is 0.621. The molecule has 2 aromatic carbocycles. The summed E-state index contributed by atoms with van der Waals surface area (Å²) in [6.45, 7) is 2.31. The molecular formula is C21H22BrN2O2+. The summed E-state index contributed by atoms with van der Waals surface area (Å²) >= 11 is 3.43. The predicted molar refractivity (Wildman–Crippen MR) is 104 cm³/mol. The van der Waals surface area contributed by atoms with Gasteiger partial charge in [0.2, 0.25) is 0 Å². The number of nitrogens with two attached hydrogens (primary N) is 1. The Bertz CT molecular complexity index is 817. The lowest BCUT2D eigenvalue weighted by Crippen LogP contribution is -2.87. The van der Waals surface area contributed by atoms with Gasteiger partial charge >= 0.3 is 0 Å². The Hall–Kier alpha value is -2.37. The molecule has 5 heteroatoms. The van der Waals surface area contributed by atoms with Crippen molar-refractivity contribution in [1.29, 1.82) is 0 Å². The van der Waals surface area contributed by atoms with Crippen LogP contribution in [-0.4, -0.2) is 12.5 Å². The topological polar surface area (TPSA) is 58.9 Å². The molecule has 0 bridgehead atoms. The van der Waals surface area contributed by atoms with E-state index in [9.17, 15) is 4.79 Å². The van der Waals surface area contributed by atoms with E-state index in [0.717, 1.165) is 21.4 Å². The van der Waals surface area contributed by atoms with Crippen LogP contribution in [0.2, 0.25) is 0 Å². The van der Waals surface area contributed by atoms with Crippen LogP contribution in [0.25, 0.3) is 0 Å². The van der Waals surface area contributed by atoms with Crippen LogP contribution >= 0.6 is 15.9 Å². The van der Waals surface area contributed by atoms with Crippen LogP contribution in [-0.2, 0) is 4.79 Å². The number of carbonyl (C=O) groups is 1. The van der Waals surface area contributed by atoms with E-state index in [1.165, 1.54) is 0 Å². The molecule has 1 heterocycles. The van der Waals surface area contributed by atoms with E-state index in [-0.39, 0.29) is 18.0 Å². The third kappa shape index (κ3) is 4.84. The first-order valence-corrected chi connectivity index (χ1v) is 9.39. The highest BCUT2D eigenvalue weighted by Crippen LogP contribution is 2.18. The van der Waals surface area contributed by atoms with Gasteiger partial charge in [-0.25, -0.2) is 0 Å². The maximum Gasteiger partial charge on any atom is 0.275 e. The number of halogens is 1. The summed E-state index contributed by atoms with van der Waals surface area (Å²) in [6.07, 6.45) is 1.66. The second kappa shape index (κ2) is 8.83. The molecule has 0 aliphatic heterocycles. The Morgan fingerprint density at radius 3 is 2.42 bits per heavy atom. The smallest absolute Gasteiger partial charge is 0.275 e. The molecule has 0 unspecified atom stereocenters. The van der Waals surface area contributed by atoms with E-state index in [2.05, 4.69) is 21.2 Å². The van der Waals surface area contributed by atoms with E-state index in [1.54, 1.807) is 6.26 Å². The molecule has 0 aliphatic rings. The molecule has 3 aromatic rings. The normalized spacial score (nSPS) is 13.2. The van der Waals surface area contributed by atoms with Crippen LogP contribution < -0.4 is 10.6 Å². The van der Waals surface area contributed by atoms with Gasteiger partial charge in [0.05, 0.1) is 12.3 Å². The minimum absolute atomic E-state index is 0.00657. The zero-order chi connectivity index (χ0) is 18.4. The largest absolute Gasteiger partial charge is 0.463 e. The van der Waals surface area contributed by atoms with Crippen LogP contribution in [0.5, 0.6) is 0 Å². The van der Waals surface area contributed by atoms with E-state index in [4.69, 9.17) is 4.42 Å². The number of hydrogen-bond acceptors (Lipinski definition) is 2. The van der Waals surface area contributed by atoms with E-state index >= 15 is 0 Å². The maximum atomic E-state index is 12.4. The minimum Gasteiger partial charge on any atom is -0.463 e. The number of amides is 1. The summed E-state index contributed by atoms with van der Waals surface area (Å²) in [4.78, 5) is 12.4. The van der Waals surface area contributed by atoms with Gasteiger partial charge in [0, 0.05) is 10.0 Å². The van der Waals surface area contributed by atoms with Crippen molar-refractivity contribution >= 4 is 21.8 Å². The Labute approximate surface area is 161 Å².